The number of hydrogen-bond donors (Lipinski definition) is 1. The zero-order valence-corrected chi connectivity index (χ0v) is 13.8. The summed E-state index contributed by atoms with van der Waals surface area (Å²) in [6.45, 7) is 0. The van der Waals surface area contributed by atoms with Crippen LogP contribution in [0.5, 0.6) is 5.75 Å². The van der Waals surface area contributed by atoms with E-state index in [9.17, 15) is 9.59 Å². The van der Waals surface area contributed by atoms with E-state index in [2.05, 4.69) is 5.32 Å². The molecule has 0 aliphatic heterocycles. The molecule has 126 valence electrons. The molecule has 0 aromatic heterocycles. The topological polar surface area (TPSA) is 64.6 Å². The van der Waals surface area contributed by atoms with Gasteiger partial charge in [-0.05, 0) is 36.5 Å². The van der Waals surface area contributed by atoms with Crippen LogP contribution in [0.1, 0.15) is 37.7 Å². The van der Waals surface area contributed by atoms with Gasteiger partial charge >= 0.3 is 5.97 Å². The van der Waals surface area contributed by atoms with Gasteiger partial charge in [-0.15, -0.1) is 0 Å². The van der Waals surface area contributed by atoms with E-state index in [0.717, 1.165) is 24.2 Å². The van der Waals surface area contributed by atoms with Crippen molar-refractivity contribution < 1.29 is 19.1 Å². The van der Waals surface area contributed by atoms with Gasteiger partial charge in [0.2, 0.25) is 5.91 Å². The van der Waals surface area contributed by atoms with Crippen LogP contribution in [0, 0.1) is 5.92 Å². The monoisotopic (exact) mass is 319 g/mol. The molecular formula is C18H25NO4. The van der Waals surface area contributed by atoms with Gasteiger partial charge in [0.1, 0.15) is 11.8 Å². The largest absolute Gasteiger partial charge is 0.497 e. The molecule has 0 heterocycles. The average Bonchev–Trinajstić information content (AvgIpc) is 3.06. The van der Waals surface area contributed by atoms with E-state index < -0.39 is 12.0 Å². The third kappa shape index (κ3) is 5.27. The number of amides is 1. The predicted molar refractivity (Wildman–Crippen MR) is 87.2 cm³/mol. The molecular weight excluding hydrogens is 294 g/mol. The summed E-state index contributed by atoms with van der Waals surface area (Å²) in [5.41, 5.74) is 0.918. The first kappa shape index (κ1) is 17.3. The molecule has 0 spiro atoms. The van der Waals surface area contributed by atoms with Gasteiger partial charge in [0.05, 0.1) is 14.2 Å². The van der Waals surface area contributed by atoms with Gasteiger partial charge in [-0.2, -0.15) is 0 Å². The Balaban J connectivity index is 1.98. The molecule has 1 amide bonds. The third-order valence-corrected chi connectivity index (χ3v) is 4.34. The van der Waals surface area contributed by atoms with Crippen LogP contribution in [0.15, 0.2) is 24.3 Å². The molecule has 5 heteroatoms. The summed E-state index contributed by atoms with van der Waals surface area (Å²) in [5, 5.41) is 2.83. The minimum absolute atomic E-state index is 0.0739. The molecule has 0 unspecified atom stereocenters. The summed E-state index contributed by atoms with van der Waals surface area (Å²) in [6, 6.07) is 6.81. The summed E-state index contributed by atoms with van der Waals surface area (Å²) in [6.07, 6.45) is 5.48. The van der Waals surface area contributed by atoms with E-state index in [1.54, 1.807) is 7.11 Å². The van der Waals surface area contributed by atoms with Gasteiger partial charge < -0.3 is 14.8 Å². The maximum Gasteiger partial charge on any atom is 0.328 e. The van der Waals surface area contributed by atoms with Crippen LogP contribution < -0.4 is 10.1 Å². The Hall–Kier alpha value is -2.04. The van der Waals surface area contributed by atoms with Crippen molar-refractivity contribution in [1.29, 1.82) is 0 Å². The smallest absolute Gasteiger partial charge is 0.328 e. The first-order chi connectivity index (χ1) is 11.1. The second-order valence-corrected chi connectivity index (χ2v) is 6.05. The number of rotatable bonds is 7. The highest BCUT2D eigenvalue weighted by Gasteiger charge is 2.24. The first-order valence-corrected chi connectivity index (χ1v) is 8.12. The van der Waals surface area contributed by atoms with Gasteiger partial charge in [-0.1, -0.05) is 25.0 Å². The molecule has 1 atom stereocenters. The quantitative estimate of drug-likeness (QED) is 0.784. The van der Waals surface area contributed by atoms with E-state index in [0.29, 0.717) is 18.8 Å². The number of methoxy groups -OCH3 is 2. The van der Waals surface area contributed by atoms with E-state index in [1.165, 1.54) is 20.0 Å². The number of nitrogens with one attached hydrogen (secondary N) is 1. The number of carbonyl (C=O) groups excluding carboxylic acids is 2. The molecule has 1 N–H and O–H groups in total. The average molecular weight is 319 g/mol. The Morgan fingerprint density at radius 2 is 2.00 bits per heavy atom. The zero-order chi connectivity index (χ0) is 16.7. The molecule has 1 fully saturated rings. The normalized spacial score (nSPS) is 15.9. The summed E-state index contributed by atoms with van der Waals surface area (Å²) < 4.78 is 10.0. The molecule has 23 heavy (non-hydrogen) atoms. The summed E-state index contributed by atoms with van der Waals surface area (Å²) >= 11 is 0. The molecule has 0 saturated heterocycles. The van der Waals surface area contributed by atoms with E-state index in [4.69, 9.17) is 9.47 Å². The van der Waals surface area contributed by atoms with Crippen LogP contribution in [0.2, 0.25) is 0 Å². The molecule has 1 aliphatic rings. The second kappa shape index (κ2) is 8.56. The van der Waals surface area contributed by atoms with Crippen molar-refractivity contribution in [2.24, 2.45) is 5.92 Å². The van der Waals surface area contributed by atoms with Gasteiger partial charge in [0.15, 0.2) is 0 Å². The van der Waals surface area contributed by atoms with Gasteiger partial charge in [0, 0.05) is 12.8 Å². The number of hydrogen-bond acceptors (Lipinski definition) is 4. The highest BCUT2D eigenvalue weighted by atomic mass is 16.5. The lowest BCUT2D eigenvalue weighted by molar-refractivity contribution is -0.145. The Morgan fingerprint density at radius 3 is 2.65 bits per heavy atom. The van der Waals surface area contributed by atoms with Gasteiger partial charge in [-0.25, -0.2) is 4.79 Å². The van der Waals surface area contributed by atoms with Crippen molar-refractivity contribution >= 4 is 11.9 Å². The molecule has 1 aliphatic carbocycles. The number of carbonyl (C=O) groups is 2. The highest BCUT2D eigenvalue weighted by Crippen LogP contribution is 2.27. The lowest BCUT2D eigenvalue weighted by Gasteiger charge is -2.18. The van der Waals surface area contributed by atoms with Crippen molar-refractivity contribution in [1.82, 2.24) is 5.32 Å². The van der Waals surface area contributed by atoms with Crippen LogP contribution in [-0.2, 0) is 20.7 Å². The van der Waals surface area contributed by atoms with Crippen LogP contribution >= 0.6 is 0 Å². The molecule has 5 nitrogen and oxygen atoms in total. The second-order valence-electron chi connectivity index (χ2n) is 6.05. The van der Waals surface area contributed by atoms with E-state index in [1.807, 2.05) is 24.3 Å². The van der Waals surface area contributed by atoms with Crippen molar-refractivity contribution in [3.8, 4) is 5.75 Å². The van der Waals surface area contributed by atoms with Crippen molar-refractivity contribution in [2.45, 2.75) is 44.6 Å². The summed E-state index contributed by atoms with van der Waals surface area (Å²) in [5.74, 6) is 0.677. The summed E-state index contributed by atoms with van der Waals surface area (Å²) in [4.78, 5) is 24.2. The fourth-order valence-electron chi connectivity index (χ4n) is 3.10. The molecule has 1 saturated carbocycles. The van der Waals surface area contributed by atoms with Crippen molar-refractivity contribution in [3.05, 3.63) is 29.8 Å². The maximum absolute atomic E-state index is 12.2. The Bertz CT molecular complexity index is 538. The Kier molecular flexibility index (Phi) is 6.44. The highest BCUT2D eigenvalue weighted by molar-refractivity contribution is 5.84. The van der Waals surface area contributed by atoms with Crippen LogP contribution in [-0.4, -0.2) is 32.1 Å². The fraction of sp³-hybridized carbons (Fsp3) is 0.556. The lowest BCUT2D eigenvalue weighted by Crippen LogP contribution is -2.43. The molecule has 0 radical (unpaired) electrons. The fourth-order valence-corrected chi connectivity index (χ4v) is 3.10. The van der Waals surface area contributed by atoms with Crippen LogP contribution in [0.3, 0.4) is 0 Å². The van der Waals surface area contributed by atoms with Crippen LogP contribution in [0.4, 0.5) is 0 Å². The number of ether oxygens (including phenoxy) is 2. The minimum atomic E-state index is -0.666. The summed E-state index contributed by atoms with van der Waals surface area (Å²) in [7, 11) is 2.93. The number of benzene rings is 1. The molecule has 1 aromatic rings. The first-order valence-electron chi connectivity index (χ1n) is 8.12. The third-order valence-electron chi connectivity index (χ3n) is 4.34. The predicted octanol–water partition coefficient (Wildman–Crippen LogP) is 2.48. The standard InChI is InChI=1S/C18H25NO4/c1-22-15-9-5-8-14(10-15)11-16(18(21)23-2)19-17(20)12-13-6-3-4-7-13/h5,8-10,13,16H,3-4,6-7,11-12H2,1-2H3,(H,19,20)/t16-/m0/s1. The van der Waals surface area contributed by atoms with E-state index in [-0.39, 0.29) is 5.91 Å². The number of esters is 1. The molecule has 1 aromatic carbocycles. The van der Waals surface area contributed by atoms with E-state index >= 15 is 0 Å². The molecule has 0 bridgehead atoms. The lowest BCUT2D eigenvalue weighted by atomic mass is 10.0. The minimum Gasteiger partial charge on any atom is -0.497 e. The molecule has 2 rings (SSSR count). The maximum atomic E-state index is 12.2. The van der Waals surface area contributed by atoms with Gasteiger partial charge in [0.25, 0.3) is 0 Å². The van der Waals surface area contributed by atoms with Crippen LogP contribution in [0.25, 0.3) is 0 Å². The zero-order valence-electron chi connectivity index (χ0n) is 13.8. The van der Waals surface area contributed by atoms with Gasteiger partial charge in [-0.3, -0.25) is 4.79 Å². The SMILES string of the molecule is COC(=O)[C@H](Cc1cccc(OC)c1)NC(=O)CC1CCCC1. The Labute approximate surface area is 137 Å². The van der Waals surface area contributed by atoms with Crippen molar-refractivity contribution in [2.75, 3.05) is 14.2 Å². The van der Waals surface area contributed by atoms with Crippen molar-refractivity contribution in [3.63, 3.8) is 0 Å². The Morgan fingerprint density at radius 1 is 1.26 bits per heavy atom.